The molecule has 3 nitrogen and oxygen atoms in total. The molecule has 122 valence electrons. The standard InChI is InChI=1S/C15H10Cl2F3NO2/c1-8(22)21-9-6-11(16)14(12(17)7-9)10-4-2-3-5-13(10)23-15(18,19)20/h2-7H,1H3,(H,21,22). The molecule has 0 fully saturated rings. The van der Waals surface area contributed by atoms with Crippen LogP contribution in [0.5, 0.6) is 5.75 Å². The minimum absolute atomic E-state index is 0.0828. The number of carbonyl (C=O) groups excluding carboxylic acids is 1. The first-order valence-corrected chi connectivity index (χ1v) is 7.05. The van der Waals surface area contributed by atoms with Gasteiger partial charge in [0.25, 0.3) is 0 Å². The molecule has 2 aromatic rings. The Bertz CT molecular complexity index is 725. The van der Waals surface area contributed by atoms with Gasteiger partial charge in [0.15, 0.2) is 0 Å². The van der Waals surface area contributed by atoms with Crippen LogP contribution < -0.4 is 10.1 Å². The molecule has 0 atom stereocenters. The van der Waals surface area contributed by atoms with Gasteiger partial charge in [-0.25, -0.2) is 0 Å². The first-order valence-electron chi connectivity index (χ1n) is 6.29. The van der Waals surface area contributed by atoms with E-state index in [4.69, 9.17) is 23.2 Å². The topological polar surface area (TPSA) is 38.3 Å². The van der Waals surface area contributed by atoms with Crippen LogP contribution in [0.2, 0.25) is 10.0 Å². The fourth-order valence-electron chi connectivity index (χ4n) is 1.99. The van der Waals surface area contributed by atoms with Crippen LogP contribution in [0.1, 0.15) is 6.92 Å². The van der Waals surface area contributed by atoms with Gasteiger partial charge in [0, 0.05) is 23.7 Å². The minimum Gasteiger partial charge on any atom is -0.405 e. The fraction of sp³-hybridized carbons (Fsp3) is 0.133. The Kier molecular flexibility index (Phi) is 5.06. The molecule has 1 amide bonds. The van der Waals surface area contributed by atoms with Gasteiger partial charge in [-0.1, -0.05) is 41.4 Å². The van der Waals surface area contributed by atoms with Gasteiger partial charge in [-0.2, -0.15) is 0 Å². The van der Waals surface area contributed by atoms with Gasteiger partial charge in [-0.05, 0) is 18.2 Å². The summed E-state index contributed by atoms with van der Waals surface area (Å²) in [7, 11) is 0. The molecule has 0 heterocycles. The molecule has 8 heteroatoms. The second-order valence-electron chi connectivity index (χ2n) is 4.54. The zero-order chi connectivity index (χ0) is 17.2. The maximum Gasteiger partial charge on any atom is 0.573 e. The lowest BCUT2D eigenvalue weighted by Gasteiger charge is -2.16. The summed E-state index contributed by atoms with van der Waals surface area (Å²) in [4.78, 5) is 11.1. The summed E-state index contributed by atoms with van der Waals surface area (Å²) in [6.45, 7) is 1.31. The van der Waals surface area contributed by atoms with E-state index >= 15 is 0 Å². The maximum absolute atomic E-state index is 12.5. The number of carbonyl (C=O) groups is 1. The molecule has 2 aromatic carbocycles. The predicted octanol–water partition coefficient (Wildman–Crippen LogP) is 5.52. The predicted molar refractivity (Wildman–Crippen MR) is 82.9 cm³/mol. The number of anilines is 1. The second-order valence-corrected chi connectivity index (χ2v) is 5.35. The van der Waals surface area contributed by atoms with Crippen molar-refractivity contribution >= 4 is 34.8 Å². The van der Waals surface area contributed by atoms with E-state index in [2.05, 4.69) is 10.1 Å². The molecule has 2 rings (SSSR count). The van der Waals surface area contributed by atoms with E-state index in [1.807, 2.05) is 0 Å². The molecule has 1 N–H and O–H groups in total. The number of hydrogen-bond donors (Lipinski definition) is 1. The first-order chi connectivity index (χ1) is 10.7. The van der Waals surface area contributed by atoms with Crippen LogP contribution in [0, 0.1) is 0 Å². The van der Waals surface area contributed by atoms with Gasteiger partial charge in [0.1, 0.15) is 5.75 Å². The highest BCUT2D eigenvalue weighted by Gasteiger charge is 2.32. The van der Waals surface area contributed by atoms with E-state index in [1.54, 1.807) is 0 Å². The summed E-state index contributed by atoms with van der Waals surface area (Å²) in [5, 5.41) is 2.66. The molecule has 0 aliphatic heterocycles. The van der Waals surface area contributed by atoms with Crippen LogP contribution in [0.25, 0.3) is 11.1 Å². The number of alkyl halides is 3. The third-order valence-electron chi connectivity index (χ3n) is 2.74. The van der Waals surface area contributed by atoms with Gasteiger partial charge in [-0.15, -0.1) is 13.2 Å². The number of ether oxygens (including phenoxy) is 1. The third kappa shape index (κ3) is 4.53. The van der Waals surface area contributed by atoms with E-state index in [1.165, 1.54) is 37.3 Å². The number of amides is 1. The molecule has 0 spiro atoms. The SMILES string of the molecule is CC(=O)Nc1cc(Cl)c(-c2ccccc2OC(F)(F)F)c(Cl)c1. The summed E-state index contributed by atoms with van der Waals surface area (Å²) < 4.78 is 41.5. The lowest BCUT2D eigenvalue weighted by Crippen LogP contribution is -2.17. The van der Waals surface area contributed by atoms with E-state index in [-0.39, 0.29) is 27.1 Å². The largest absolute Gasteiger partial charge is 0.573 e. The monoisotopic (exact) mass is 363 g/mol. The summed E-state index contributed by atoms with van der Waals surface area (Å²) in [5.74, 6) is -0.748. The highest BCUT2D eigenvalue weighted by molar-refractivity contribution is 6.39. The summed E-state index contributed by atoms with van der Waals surface area (Å²) in [5.41, 5.74) is 0.613. The highest BCUT2D eigenvalue weighted by Crippen LogP contribution is 2.42. The first kappa shape index (κ1) is 17.4. The Hall–Kier alpha value is -1.92. The van der Waals surface area contributed by atoms with Crippen molar-refractivity contribution in [2.24, 2.45) is 0 Å². The molecular formula is C15H10Cl2F3NO2. The van der Waals surface area contributed by atoms with Crippen molar-refractivity contribution in [3.8, 4) is 16.9 Å². The van der Waals surface area contributed by atoms with Crippen molar-refractivity contribution in [1.82, 2.24) is 0 Å². The Morgan fingerprint density at radius 1 is 1.13 bits per heavy atom. The average Bonchev–Trinajstić information content (AvgIpc) is 2.37. The fourth-order valence-corrected chi connectivity index (χ4v) is 2.68. The molecule has 0 unspecified atom stereocenters. The van der Waals surface area contributed by atoms with Gasteiger partial charge in [0.2, 0.25) is 5.91 Å². The number of hydrogen-bond acceptors (Lipinski definition) is 2. The average molecular weight is 364 g/mol. The van der Waals surface area contributed by atoms with Crippen LogP contribution in [0.15, 0.2) is 36.4 Å². The number of nitrogens with one attached hydrogen (secondary N) is 1. The van der Waals surface area contributed by atoms with Crippen molar-refractivity contribution in [3.05, 3.63) is 46.4 Å². The van der Waals surface area contributed by atoms with Crippen LogP contribution >= 0.6 is 23.2 Å². The zero-order valence-corrected chi connectivity index (χ0v) is 13.2. The van der Waals surface area contributed by atoms with Crippen LogP contribution in [-0.4, -0.2) is 12.3 Å². The van der Waals surface area contributed by atoms with Crippen molar-refractivity contribution in [2.75, 3.05) is 5.32 Å². The minimum atomic E-state index is -4.84. The zero-order valence-electron chi connectivity index (χ0n) is 11.7. The molecular weight excluding hydrogens is 354 g/mol. The smallest absolute Gasteiger partial charge is 0.405 e. The maximum atomic E-state index is 12.5. The summed E-state index contributed by atoms with van der Waals surface area (Å²) >= 11 is 12.2. The summed E-state index contributed by atoms with van der Waals surface area (Å²) in [6, 6.07) is 8.30. The Balaban J connectivity index is 2.53. The molecule has 0 saturated carbocycles. The Morgan fingerprint density at radius 3 is 2.22 bits per heavy atom. The van der Waals surface area contributed by atoms with Crippen molar-refractivity contribution in [3.63, 3.8) is 0 Å². The van der Waals surface area contributed by atoms with Crippen LogP contribution in [0.4, 0.5) is 18.9 Å². The molecule has 0 bridgehead atoms. The van der Waals surface area contributed by atoms with E-state index in [0.29, 0.717) is 5.69 Å². The molecule has 0 radical (unpaired) electrons. The highest BCUT2D eigenvalue weighted by atomic mass is 35.5. The lowest BCUT2D eigenvalue weighted by molar-refractivity contribution is -0.274. The normalized spacial score (nSPS) is 11.2. The van der Waals surface area contributed by atoms with Crippen molar-refractivity contribution < 1.29 is 22.7 Å². The van der Waals surface area contributed by atoms with Gasteiger partial charge in [-0.3, -0.25) is 4.79 Å². The Labute approximate surface area is 140 Å². The van der Waals surface area contributed by atoms with Crippen LogP contribution in [0.3, 0.4) is 0 Å². The van der Waals surface area contributed by atoms with Gasteiger partial charge >= 0.3 is 6.36 Å². The molecule has 0 aliphatic carbocycles. The van der Waals surface area contributed by atoms with Crippen molar-refractivity contribution in [1.29, 1.82) is 0 Å². The molecule has 0 saturated heterocycles. The van der Waals surface area contributed by atoms with Gasteiger partial charge < -0.3 is 10.1 Å². The van der Waals surface area contributed by atoms with Gasteiger partial charge in [0.05, 0.1) is 10.0 Å². The third-order valence-corrected chi connectivity index (χ3v) is 3.34. The van der Waals surface area contributed by atoms with E-state index in [9.17, 15) is 18.0 Å². The van der Waals surface area contributed by atoms with E-state index in [0.717, 1.165) is 6.07 Å². The molecule has 23 heavy (non-hydrogen) atoms. The number of halogens is 5. The Morgan fingerprint density at radius 2 is 1.70 bits per heavy atom. The number of rotatable bonds is 3. The second kappa shape index (κ2) is 6.68. The van der Waals surface area contributed by atoms with E-state index < -0.39 is 12.1 Å². The summed E-state index contributed by atoms with van der Waals surface area (Å²) in [6.07, 6.45) is -4.84. The molecule has 0 aliphatic rings. The van der Waals surface area contributed by atoms with Crippen molar-refractivity contribution in [2.45, 2.75) is 13.3 Å². The number of benzene rings is 2. The quantitative estimate of drug-likeness (QED) is 0.779. The lowest BCUT2D eigenvalue weighted by atomic mass is 10.0. The van der Waals surface area contributed by atoms with Crippen LogP contribution in [-0.2, 0) is 4.79 Å². The molecule has 0 aromatic heterocycles. The number of para-hydroxylation sites is 1.